The van der Waals surface area contributed by atoms with Gasteiger partial charge in [-0.15, -0.1) is 0 Å². The minimum atomic E-state index is 1.05. The van der Waals surface area contributed by atoms with Crippen LogP contribution >= 0.6 is 0 Å². The molecule has 3 N–H and O–H groups in total. The average Bonchev–Trinajstić information content (AvgIpc) is 2.41. The van der Waals surface area contributed by atoms with Gasteiger partial charge in [0.05, 0.1) is 11.4 Å². The van der Waals surface area contributed by atoms with Gasteiger partial charge >= 0.3 is 0 Å². The van der Waals surface area contributed by atoms with Gasteiger partial charge in [-0.3, -0.25) is 0 Å². The highest BCUT2D eigenvalue weighted by Crippen LogP contribution is 2.21. The Morgan fingerprint density at radius 1 is 1.17 bits per heavy atom. The molecule has 0 aliphatic heterocycles. The first kappa shape index (κ1) is 8.77. The van der Waals surface area contributed by atoms with E-state index < -0.39 is 0 Å². The summed E-state index contributed by atoms with van der Waals surface area (Å²) in [4.78, 5) is 0. The first-order valence-electron chi connectivity index (χ1n) is 4.00. The fraction of sp³-hybridized carbons (Fsp3) is 0.500. The highest BCUT2D eigenvalue weighted by molar-refractivity contribution is 5.59. The lowest BCUT2D eigenvalue weighted by atomic mass is 10.4. The van der Waals surface area contributed by atoms with Gasteiger partial charge in [0.15, 0.2) is 0 Å². The van der Waals surface area contributed by atoms with Crippen LogP contribution in [0.1, 0.15) is 5.69 Å². The Hall–Kier alpha value is -1.32. The normalized spacial score (nSPS) is 9.67. The van der Waals surface area contributed by atoms with Gasteiger partial charge in [-0.05, 0) is 6.92 Å². The number of hydrogen-bond donors (Lipinski definition) is 3. The number of hydrogen-bond acceptors (Lipinski definition) is 3. The van der Waals surface area contributed by atoms with Gasteiger partial charge < -0.3 is 16.1 Å². The van der Waals surface area contributed by atoms with Crippen LogP contribution in [0.25, 0.3) is 0 Å². The van der Waals surface area contributed by atoms with Gasteiger partial charge in [0.1, 0.15) is 5.82 Å². The summed E-state index contributed by atoms with van der Waals surface area (Å²) in [5.74, 6) is 1.05. The summed E-state index contributed by atoms with van der Waals surface area (Å²) in [5.41, 5.74) is 5.39. The smallest absolute Gasteiger partial charge is 0.127 e. The molecule has 0 saturated carbocycles. The van der Waals surface area contributed by atoms with Gasteiger partial charge in [0, 0.05) is 27.2 Å². The van der Waals surface area contributed by atoms with Gasteiger partial charge in [0.2, 0.25) is 0 Å². The minimum Gasteiger partial charge on any atom is -0.387 e. The van der Waals surface area contributed by atoms with Crippen LogP contribution in [-0.4, -0.2) is 25.8 Å². The van der Waals surface area contributed by atoms with Crippen molar-refractivity contribution in [2.45, 2.75) is 6.92 Å². The van der Waals surface area contributed by atoms with Crippen LogP contribution in [0, 0.1) is 6.92 Å². The van der Waals surface area contributed by atoms with Crippen molar-refractivity contribution < 1.29 is 0 Å². The van der Waals surface area contributed by atoms with Crippen molar-refractivity contribution >= 4 is 11.5 Å². The summed E-state index contributed by atoms with van der Waals surface area (Å²) in [6, 6.07) is 2.06. The molecule has 0 radical (unpaired) electrons. The summed E-state index contributed by atoms with van der Waals surface area (Å²) in [5, 5.41) is 6.23. The summed E-state index contributed by atoms with van der Waals surface area (Å²) in [6.07, 6.45) is 0. The van der Waals surface area contributed by atoms with E-state index in [1.807, 2.05) is 25.8 Å². The van der Waals surface area contributed by atoms with Crippen LogP contribution in [0.2, 0.25) is 0 Å². The lowest BCUT2D eigenvalue weighted by Crippen LogP contribution is -2.13. The van der Waals surface area contributed by atoms with Crippen LogP contribution in [0.5, 0.6) is 0 Å². The lowest BCUT2D eigenvalue weighted by molar-refractivity contribution is 0.899. The monoisotopic (exact) mass is 168 g/mol. The molecule has 68 valence electrons. The van der Waals surface area contributed by atoms with Crippen molar-refractivity contribution in [1.29, 1.82) is 0 Å². The predicted molar refractivity (Wildman–Crippen MR) is 53.5 cm³/mol. The molecule has 0 spiro atoms. The predicted octanol–water partition coefficient (Wildman–Crippen LogP) is 1.05. The molecule has 0 aliphatic carbocycles. The maximum Gasteiger partial charge on any atom is 0.127 e. The number of nitrogens with zero attached hydrogens (tertiary/aromatic N) is 1. The zero-order valence-electron chi connectivity index (χ0n) is 8.02. The van der Waals surface area contributed by atoms with E-state index in [1.54, 1.807) is 0 Å². The van der Waals surface area contributed by atoms with Crippen molar-refractivity contribution in [2.75, 3.05) is 37.2 Å². The molecule has 1 rings (SSSR count). The Bertz CT molecular complexity index is 264. The van der Waals surface area contributed by atoms with Gasteiger partial charge in [-0.2, -0.15) is 0 Å². The molecule has 0 atom stereocenters. The quantitative estimate of drug-likeness (QED) is 0.632. The lowest BCUT2D eigenvalue weighted by Gasteiger charge is -2.09. The average molecular weight is 168 g/mol. The fourth-order valence-electron chi connectivity index (χ4n) is 1.33. The Morgan fingerprint density at radius 3 is 2.17 bits per heavy atom. The fourth-order valence-corrected chi connectivity index (χ4v) is 1.33. The number of aromatic nitrogens is 1. The maximum atomic E-state index is 3.12. The molecule has 0 saturated heterocycles. The molecular formula is C8H16N4. The Balaban J connectivity index is 3.13. The van der Waals surface area contributed by atoms with Crippen molar-refractivity contribution in [3.63, 3.8) is 0 Å². The van der Waals surface area contributed by atoms with E-state index in [9.17, 15) is 0 Å². The molecule has 0 aliphatic rings. The summed E-state index contributed by atoms with van der Waals surface area (Å²) in [7, 11) is 5.72. The molecule has 0 unspecified atom stereocenters. The molecule has 0 bridgehead atoms. The number of nitrogens with one attached hydrogen (secondary N) is 3. The van der Waals surface area contributed by atoms with E-state index in [0.717, 1.165) is 11.5 Å². The highest BCUT2D eigenvalue weighted by Gasteiger charge is 2.07. The first-order chi connectivity index (χ1) is 5.74. The van der Waals surface area contributed by atoms with Crippen molar-refractivity contribution in [1.82, 2.24) is 4.68 Å². The van der Waals surface area contributed by atoms with Crippen molar-refractivity contribution in [3.8, 4) is 0 Å². The van der Waals surface area contributed by atoms with E-state index in [2.05, 4.69) is 29.0 Å². The Kier molecular flexibility index (Phi) is 2.47. The SMILES string of the molecule is CNc1cc(NC)n(NC)c1C. The third-order valence-corrected chi connectivity index (χ3v) is 2.00. The second-order valence-electron chi connectivity index (χ2n) is 2.59. The van der Waals surface area contributed by atoms with E-state index in [-0.39, 0.29) is 0 Å². The van der Waals surface area contributed by atoms with Crippen LogP contribution < -0.4 is 16.1 Å². The molecule has 0 amide bonds. The van der Waals surface area contributed by atoms with E-state index in [1.165, 1.54) is 5.69 Å². The number of anilines is 2. The molecule has 4 nitrogen and oxygen atoms in total. The Labute approximate surface area is 72.9 Å². The zero-order valence-corrected chi connectivity index (χ0v) is 8.02. The van der Waals surface area contributed by atoms with E-state index in [0.29, 0.717) is 0 Å². The summed E-state index contributed by atoms with van der Waals surface area (Å²) < 4.78 is 1.99. The van der Waals surface area contributed by atoms with Gasteiger partial charge in [-0.1, -0.05) is 0 Å². The van der Waals surface area contributed by atoms with Crippen LogP contribution in [0.15, 0.2) is 6.07 Å². The number of rotatable bonds is 3. The molecule has 1 aromatic rings. The molecule has 1 aromatic heterocycles. The topological polar surface area (TPSA) is 41.0 Å². The van der Waals surface area contributed by atoms with Crippen LogP contribution in [0.4, 0.5) is 11.5 Å². The Morgan fingerprint density at radius 2 is 1.83 bits per heavy atom. The first-order valence-corrected chi connectivity index (χ1v) is 4.00. The van der Waals surface area contributed by atoms with Crippen LogP contribution in [-0.2, 0) is 0 Å². The standard InChI is InChI=1S/C8H16N4/c1-6-7(9-2)5-8(10-3)12(6)11-4/h5,9-11H,1-4H3. The highest BCUT2D eigenvalue weighted by atomic mass is 15.4. The van der Waals surface area contributed by atoms with E-state index in [4.69, 9.17) is 0 Å². The van der Waals surface area contributed by atoms with Crippen molar-refractivity contribution in [2.24, 2.45) is 0 Å². The molecular weight excluding hydrogens is 152 g/mol. The summed E-state index contributed by atoms with van der Waals surface area (Å²) >= 11 is 0. The van der Waals surface area contributed by atoms with Gasteiger partial charge in [-0.25, -0.2) is 4.68 Å². The second-order valence-corrected chi connectivity index (χ2v) is 2.59. The molecule has 0 fully saturated rings. The maximum absolute atomic E-state index is 3.12. The third kappa shape index (κ3) is 1.20. The zero-order chi connectivity index (χ0) is 9.14. The van der Waals surface area contributed by atoms with Crippen molar-refractivity contribution in [3.05, 3.63) is 11.8 Å². The summed E-state index contributed by atoms with van der Waals surface area (Å²) in [6.45, 7) is 2.06. The third-order valence-electron chi connectivity index (χ3n) is 2.00. The molecule has 12 heavy (non-hydrogen) atoms. The largest absolute Gasteiger partial charge is 0.387 e. The van der Waals surface area contributed by atoms with Crippen LogP contribution in [0.3, 0.4) is 0 Å². The van der Waals surface area contributed by atoms with E-state index >= 15 is 0 Å². The second kappa shape index (κ2) is 3.38. The molecule has 4 heteroatoms. The molecule has 1 heterocycles. The van der Waals surface area contributed by atoms with Gasteiger partial charge in [0.25, 0.3) is 0 Å². The molecule has 0 aromatic carbocycles. The minimum absolute atomic E-state index is 1.05.